The molecule has 0 atom stereocenters. The molecule has 0 aromatic carbocycles. The highest BCUT2D eigenvalue weighted by atomic mass is 35.5. The van der Waals surface area contributed by atoms with E-state index >= 15 is 0 Å². The maximum atomic E-state index is 5.54. The summed E-state index contributed by atoms with van der Waals surface area (Å²) < 4.78 is 0. The van der Waals surface area contributed by atoms with Gasteiger partial charge in [-0.3, -0.25) is 0 Å². The summed E-state index contributed by atoms with van der Waals surface area (Å²) in [5.74, 6) is 0.806. The SMILES string of the molecule is C=CCNCCCCCCCl.CN(C)C. The summed E-state index contributed by atoms with van der Waals surface area (Å²) in [5.41, 5.74) is 0. The molecule has 0 aliphatic rings. The van der Waals surface area contributed by atoms with E-state index in [0.29, 0.717) is 0 Å². The molecule has 0 bridgehead atoms. The maximum absolute atomic E-state index is 5.54. The lowest BCUT2D eigenvalue weighted by Crippen LogP contribution is -2.14. The molecule has 0 saturated heterocycles. The van der Waals surface area contributed by atoms with Gasteiger partial charge in [0.15, 0.2) is 0 Å². The zero-order valence-electron chi connectivity index (χ0n) is 10.6. The van der Waals surface area contributed by atoms with Crippen LogP contribution < -0.4 is 5.32 Å². The highest BCUT2D eigenvalue weighted by Crippen LogP contribution is 1.99. The molecule has 15 heavy (non-hydrogen) atoms. The highest BCUT2D eigenvalue weighted by molar-refractivity contribution is 6.17. The Kier molecular flexibility index (Phi) is 18.9. The van der Waals surface area contributed by atoms with E-state index in [-0.39, 0.29) is 0 Å². The van der Waals surface area contributed by atoms with Crippen molar-refractivity contribution in [2.24, 2.45) is 0 Å². The molecule has 2 nitrogen and oxygen atoms in total. The van der Waals surface area contributed by atoms with Crippen molar-refractivity contribution in [3.63, 3.8) is 0 Å². The molecular weight excluding hydrogens is 208 g/mol. The van der Waals surface area contributed by atoms with Crippen molar-refractivity contribution in [2.45, 2.75) is 25.7 Å². The Morgan fingerprint density at radius 3 is 2.13 bits per heavy atom. The number of unbranched alkanes of at least 4 members (excludes halogenated alkanes) is 3. The van der Waals surface area contributed by atoms with E-state index in [4.69, 9.17) is 11.6 Å². The lowest BCUT2D eigenvalue weighted by atomic mass is 10.2. The van der Waals surface area contributed by atoms with Gasteiger partial charge in [-0.2, -0.15) is 0 Å². The topological polar surface area (TPSA) is 15.3 Å². The molecule has 0 radical (unpaired) electrons. The van der Waals surface area contributed by atoms with Crippen LogP contribution >= 0.6 is 11.6 Å². The van der Waals surface area contributed by atoms with Crippen molar-refractivity contribution >= 4 is 11.6 Å². The molecule has 0 rings (SSSR count). The summed E-state index contributed by atoms with van der Waals surface area (Å²) in [6.45, 7) is 5.66. The first-order valence-electron chi connectivity index (χ1n) is 5.63. The predicted octanol–water partition coefficient (Wildman–Crippen LogP) is 2.74. The molecule has 0 aliphatic heterocycles. The molecule has 0 aliphatic carbocycles. The van der Waals surface area contributed by atoms with Crippen LogP contribution in [0.3, 0.4) is 0 Å². The molecule has 1 N–H and O–H groups in total. The van der Waals surface area contributed by atoms with E-state index < -0.39 is 0 Å². The van der Waals surface area contributed by atoms with Gasteiger partial charge in [0, 0.05) is 12.4 Å². The highest BCUT2D eigenvalue weighted by Gasteiger charge is 1.87. The number of hydrogen-bond acceptors (Lipinski definition) is 2. The second-order valence-corrected chi connectivity index (χ2v) is 4.32. The lowest BCUT2D eigenvalue weighted by molar-refractivity contribution is 0.505. The van der Waals surface area contributed by atoms with Gasteiger partial charge in [0.05, 0.1) is 0 Å². The molecule has 0 fully saturated rings. The van der Waals surface area contributed by atoms with Gasteiger partial charge in [0.2, 0.25) is 0 Å². The number of halogens is 1. The van der Waals surface area contributed by atoms with E-state index in [0.717, 1.165) is 25.4 Å². The van der Waals surface area contributed by atoms with Crippen LogP contribution in [0.25, 0.3) is 0 Å². The standard InChI is InChI=1S/C9H18ClN.C3H9N/c1-2-8-11-9-6-4-3-5-7-10;1-4(2)3/h2,11H,1,3-9H2;1-3H3. The molecule has 0 spiro atoms. The van der Waals surface area contributed by atoms with Crippen LogP contribution in [-0.4, -0.2) is 45.0 Å². The largest absolute Gasteiger partial charge is 0.313 e. The third kappa shape index (κ3) is 31.5. The molecule has 0 heterocycles. The number of nitrogens with zero attached hydrogens (tertiary/aromatic N) is 1. The van der Waals surface area contributed by atoms with E-state index in [1.54, 1.807) is 0 Å². The molecule has 3 heteroatoms. The average molecular weight is 235 g/mol. The third-order valence-corrected chi connectivity index (χ3v) is 1.79. The third-order valence-electron chi connectivity index (χ3n) is 1.53. The fraction of sp³-hybridized carbons (Fsp3) is 0.833. The molecule has 92 valence electrons. The molecular formula is C12H27ClN2. The first kappa shape index (κ1) is 17.3. The van der Waals surface area contributed by atoms with Gasteiger partial charge in [-0.15, -0.1) is 18.2 Å². The number of nitrogens with one attached hydrogen (secondary N) is 1. The van der Waals surface area contributed by atoms with Gasteiger partial charge in [-0.05, 0) is 40.5 Å². The van der Waals surface area contributed by atoms with Crippen LogP contribution in [0.4, 0.5) is 0 Å². The predicted molar refractivity (Wildman–Crippen MR) is 71.9 cm³/mol. The van der Waals surface area contributed by atoms with E-state index in [2.05, 4.69) is 11.9 Å². The minimum atomic E-state index is 0.806. The smallest absolute Gasteiger partial charge is 0.0223 e. The Bertz CT molecular complexity index is 113. The Hall–Kier alpha value is -0.0500. The summed E-state index contributed by atoms with van der Waals surface area (Å²) in [5, 5.41) is 3.26. The molecule has 0 saturated carbocycles. The fourth-order valence-corrected chi connectivity index (χ4v) is 1.09. The Morgan fingerprint density at radius 1 is 1.13 bits per heavy atom. The summed E-state index contributed by atoms with van der Waals surface area (Å²) in [4.78, 5) is 2.00. The fourth-order valence-electron chi connectivity index (χ4n) is 0.902. The summed E-state index contributed by atoms with van der Waals surface area (Å²) in [7, 11) is 6.00. The molecule has 0 aromatic heterocycles. The van der Waals surface area contributed by atoms with Gasteiger partial charge in [0.25, 0.3) is 0 Å². The lowest BCUT2D eigenvalue weighted by Gasteiger charge is -2.00. The average Bonchev–Trinajstić information content (AvgIpc) is 2.16. The van der Waals surface area contributed by atoms with Crippen molar-refractivity contribution < 1.29 is 0 Å². The van der Waals surface area contributed by atoms with Crippen molar-refractivity contribution in [1.82, 2.24) is 10.2 Å². The van der Waals surface area contributed by atoms with Gasteiger partial charge < -0.3 is 10.2 Å². The summed E-state index contributed by atoms with van der Waals surface area (Å²) in [6, 6.07) is 0. The van der Waals surface area contributed by atoms with Gasteiger partial charge >= 0.3 is 0 Å². The summed E-state index contributed by atoms with van der Waals surface area (Å²) >= 11 is 5.54. The molecule has 0 unspecified atom stereocenters. The first-order chi connectivity index (χ1) is 7.15. The van der Waals surface area contributed by atoms with E-state index in [9.17, 15) is 0 Å². The minimum absolute atomic E-state index is 0.806. The second-order valence-electron chi connectivity index (χ2n) is 3.94. The Labute approximate surface area is 101 Å². The van der Waals surface area contributed by atoms with Gasteiger partial charge in [-0.1, -0.05) is 18.9 Å². The van der Waals surface area contributed by atoms with Crippen LogP contribution in [-0.2, 0) is 0 Å². The van der Waals surface area contributed by atoms with E-state index in [1.165, 1.54) is 19.3 Å². The monoisotopic (exact) mass is 234 g/mol. The maximum Gasteiger partial charge on any atom is 0.0223 e. The zero-order valence-corrected chi connectivity index (χ0v) is 11.3. The Balaban J connectivity index is 0. The first-order valence-corrected chi connectivity index (χ1v) is 6.17. The van der Waals surface area contributed by atoms with Gasteiger partial charge in [-0.25, -0.2) is 0 Å². The van der Waals surface area contributed by atoms with Crippen molar-refractivity contribution in [1.29, 1.82) is 0 Å². The van der Waals surface area contributed by atoms with Crippen LogP contribution in [0.2, 0.25) is 0 Å². The van der Waals surface area contributed by atoms with Gasteiger partial charge in [0.1, 0.15) is 0 Å². The van der Waals surface area contributed by atoms with Crippen molar-refractivity contribution in [3.05, 3.63) is 12.7 Å². The van der Waals surface area contributed by atoms with Crippen LogP contribution in [0.5, 0.6) is 0 Å². The minimum Gasteiger partial charge on any atom is -0.313 e. The van der Waals surface area contributed by atoms with Crippen molar-refractivity contribution in [3.8, 4) is 0 Å². The van der Waals surface area contributed by atoms with E-state index in [1.807, 2.05) is 32.1 Å². The Morgan fingerprint density at radius 2 is 1.67 bits per heavy atom. The molecule has 0 aromatic rings. The summed E-state index contributed by atoms with van der Waals surface area (Å²) in [6.07, 6.45) is 6.85. The zero-order chi connectivity index (χ0) is 11.9. The second kappa shape index (κ2) is 16.4. The van der Waals surface area contributed by atoms with Crippen LogP contribution in [0.15, 0.2) is 12.7 Å². The van der Waals surface area contributed by atoms with Crippen LogP contribution in [0, 0.1) is 0 Å². The normalized spacial score (nSPS) is 9.67. The van der Waals surface area contributed by atoms with Crippen LogP contribution in [0.1, 0.15) is 25.7 Å². The number of alkyl halides is 1. The number of rotatable bonds is 8. The quantitative estimate of drug-likeness (QED) is 0.395. The molecule has 0 amide bonds. The van der Waals surface area contributed by atoms with Crippen molar-refractivity contribution in [2.75, 3.05) is 40.1 Å². The number of hydrogen-bond donors (Lipinski definition) is 1.